The van der Waals surface area contributed by atoms with Gasteiger partial charge in [0, 0.05) is 12.2 Å². The standard InChI is InChI=1S/C20H19N5O2/c1-13-17(19(27)21-11-14-5-3-2-4-6-14)18(15-7-9-16(26)10-8-15)25-20(24-13)22-12-23-25/h2-10,12,18,26H,11H2,1H3,(H,21,27)(H,22,23,24)/t18-/m0/s1. The molecule has 0 spiro atoms. The third-order valence-electron chi connectivity index (χ3n) is 4.54. The molecule has 0 unspecified atom stereocenters. The molecule has 1 amide bonds. The predicted octanol–water partition coefficient (Wildman–Crippen LogP) is 2.59. The first kappa shape index (κ1) is 16.8. The molecule has 0 aliphatic carbocycles. The molecule has 3 N–H and O–H groups in total. The minimum Gasteiger partial charge on any atom is -0.508 e. The molecule has 136 valence electrons. The number of nitrogens with one attached hydrogen (secondary N) is 2. The van der Waals surface area contributed by atoms with Gasteiger partial charge < -0.3 is 15.7 Å². The zero-order chi connectivity index (χ0) is 18.8. The molecule has 1 atom stereocenters. The molecule has 27 heavy (non-hydrogen) atoms. The Balaban J connectivity index is 1.67. The average Bonchev–Trinajstić information content (AvgIpc) is 3.14. The van der Waals surface area contributed by atoms with Gasteiger partial charge in [-0.05, 0) is 30.2 Å². The molecule has 4 rings (SSSR count). The first-order chi connectivity index (χ1) is 13.1. The van der Waals surface area contributed by atoms with Crippen molar-refractivity contribution >= 4 is 11.9 Å². The third kappa shape index (κ3) is 3.27. The van der Waals surface area contributed by atoms with Crippen LogP contribution in [-0.4, -0.2) is 25.8 Å². The summed E-state index contributed by atoms with van der Waals surface area (Å²) in [5.41, 5.74) is 3.15. The van der Waals surface area contributed by atoms with Crippen LogP contribution < -0.4 is 10.6 Å². The normalized spacial score (nSPS) is 15.8. The molecule has 0 saturated carbocycles. The van der Waals surface area contributed by atoms with E-state index in [9.17, 15) is 9.90 Å². The summed E-state index contributed by atoms with van der Waals surface area (Å²) in [6.45, 7) is 2.28. The number of rotatable bonds is 4. The molecule has 3 aromatic rings. The van der Waals surface area contributed by atoms with Crippen molar-refractivity contribution in [3.05, 3.63) is 83.3 Å². The Morgan fingerprint density at radius 2 is 1.93 bits per heavy atom. The third-order valence-corrected chi connectivity index (χ3v) is 4.54. The lowest BCUT2D eigenvalue weighted by atomic mass is 9.95. The maximum absolute atomic E-state index is 13.0. The van der Waals surface area contributed by atoms with E-state index in [-0.39, 0.29) is 11.7 Å². The van der Waals surface area contributed by atoms with Gasteiger partial charge >= 0.3 is 0 Å². The molecule has 7 nitrogen and oxygen atoms in total. The fourth-order valence-electron chi connectivity index (χ4n) is 3.22. The van der Waals surface area contributed by atoms with Gasteiger partial charge in [-0.1, -0.05) is 42.5 Å². The lowest BCUT2D eigenvalue weighted by Crippen LogP contribution is -2.34. The Hall–Kier alpha value is -3.61. The van der Waals surface area contributed by atoms with E-state index in [1.54, 1.807) is 28.9 Å². The molecular formula is C20H19N5O2. The number of anilines is 1. The van der Waals surface area contributed by atoms with Gasteiger partial charge in [0.1, 0.15) is 18.1 Å². The van der Waals surface area contributed by atoms with E-state index in [0.717, 1.165) is 16.8 Å². The second-order valence-corrected chi connectivity index (χ2v) is 6.35. The molecule has 7 heteroatoms. The minimum absolute atomic E-state index is 0.169. The highest BCUT2D eigenvalue weighted by atomic mass is 16.3. The van der Waals surface area contributed by atoms with Gasteiger partial charge in [0.15, 0.2) is 0 Å². The maximum atomic E-state index is 13.0. The highest BCUT2D eigenvalue weighted by Crippen LogP contribution is 2.35. The zero-order valence-corrected chi connectivity index (χ0v) is 14.8. The fourth-order valence-corrected chi connectivity index (χ4v) is 3.22. The van der Waals surface area contributed by atoms with Gasteiger partial charge in [-0.25, -0.2) is 4.68 Å². The summed E-state index contributed by atoms with van der Waals surface area (Å²) < 4.78 is 1.68. The molecule has 1 aromatic heterocycles. The number of benzene rings is 2. The van der Waals surface area contributed by atoms with Crippen molar-refractivity contribution in [2.24, 2.45) is 0 Å². The number of fused-ring (bicyclic) bond motifs is 1. The molecule has 2 aromatic carbocycles. The van der Waals surface area contributed by atoms with E-state index in [0.29, 0.717) is 18.1 Å². The highest BCUT2D eigenvalue weighted by Gasteiger charge is 2.33. The van der Waals surface area contributed by atoms with Gasteiger partial charge in [0.25, 0.3) is 5.91 Å². The Morgan fingerprint density at radius 3 is 2.67 bits per heavy atom. The topological polar surface area (TPSA) is 92.1 Å². The van der Waals surface area contributed by atoms with Crippen LogP contribution in [0.4, 0.5) is 5.95 Å². The number of aromatic hydroxyl groups is 1. The quantitative estimate of drug-likeness (QED) is 0.664. The van der Waals surface area contributed by atoms with Crippen LogP contribution in [0.15, 0.2) is 72.2 Å². The van der Waals surface area contributed by atoms with Crippen LogP contribution in [0.25, 0.3) is 0 Å². The molecule has 0 fully saturated rings. The van der Waals surface area contributed by atoms with Crippen LogP contribution in [0.1, 0.15) is 24.1 Å². The average molecular weight is 361 g/mol. The fraction of sp³-hybridized carbons (Fsp3) is 0.150. The van der Waals surface area contributed by atoms with Gasteiger partial charge in [0.05, 0.1) is 5.57 Å². The largest absolute Gasteiger partial charge is 0.508 e. The summed E-state index contributed by atoms with van der Waals surface area (Å²) >= 11 is 0. The van der Waals surface area contributed by atoms with E-state index in [1.807, 2.05) is 37.3 Å². The van der Waals surface area contributed by atoms with Crippen LogP contribution in [0.3, 0.4) is 0 Å². The smallest absolute Gasteiger partial charge is 0.251 e. The Morgan fingerprint density at radius 1 is 1.19 bits per heavy atom. The van der Waals surface area contributed by atoms with Crippen molar-refractivity contribution in [1.29, 1.82) is 0 Å². The van der Waals surface area contributed by atoms with E-state index in [1.165, 1.54) is 6.33 Å². The summed E-state index contributed by atoms with van der Waals surface area (Å²) in [7, 11) is 0. The first-order valence-corrected chi connectivity index (χ1v) is 8.62. The van der Waals surface area contributed by atoms with Crippen molar-refractivity contribution in [1.82, 2.24) is 20.1 Å². The molecule has 1 aliphatic heterocycles. The number of phenolic OH excluding ortho intramolecular Hbond substituents is 1. The highest BCUT2D eigenvalue weighted by molar-refractivity contribution is 5.96. The number of aromatic nitrogens is 3. The van der Waals surface area contributed by atoms with Gasteiger partial charge in [-0.15, -0.1) is 0 Å². The van der Waals surface area contributed by atoms with Gasteiger partial charge in [0.2, 0.25) is 5.95 Å². The number of carbonyl (C=O) groups is 1. The summed E-state index contributed by atoms with van der Waals surface area (Å²) in [5, 5.41) is 20.0. The van der Waals surface area contributed by atoms with E-state index in [4.69, 9.17) is 0 Å². The minimum atomic E-state index is -0.430. The number of carbonyl (C=O) groups excluding carboxylic acids is 1. The van der Waals surface area contributed by atoms with E-state index < -0.39 is 6.04 Å². The Kier molecular flexibility index (Phi) is 4.33. The van der Waals surface area contributed by atoms with Crippen LogP contribution in [0, 0.1) is 0 Å². The number of hydrogen-bond donors (Lipinski definition) is 3. The zero-order valence-electron chi connectivity index (χ0n) is 14.8. The summed E-state index contributed by atoms with van der Waals surface area (Å²) in [6.07, 6.45) is 1.45. The van der Waals surface area contributed by atoms with Crippen LogP contribution in [0.5, 0.6) is 5.75 Å². The van der Waals surface area contributed by atoms with Crippen molar-refractivity contribution < 1.29 is 9.90 Å². The molecule has 0 radical (unpaired) electrons. The number of phenols is 1. The molecule has 1 aliphatic rings. The number of nitrogens with zero attached hydrogens (tertiary/aromatic N) is 3. The summed E-state index contributed by atoms with van der Waals surface area (Å²) in [4.78, 5) is 17.3. The second-order valence-electron chi connectivity index (χ2n) is 6.35. The SMILES string of the molecule is CC1=C(C(=O)NCc2ccccc2)[C@H](c2ccc(O)cc2)n2ncnc2N1. The maximum Gasteiger partial charge on any atom is 0.251 e. The van der Waals surface area contributed by atoms with Gasteiger partial charge in [-0.3, -0.25) is 4.79 Å². The van der Waals surface area contributed by atoms with E-state index in [2.05, 4.69) is 20.7 Å². The second kappa shape index (κ2) is 6.95. The van der Waals surface area contributed by atoms with Crippen LogP contribution >= 0.6 is 0 Å². The molecule has 0 saturated heterocycles. The van der Waals surface area contributed by atoms with Crippen molar-refractivity contribution in [3.8, 4) is 5.75 Å². The number of allylic oxidation sites excluding steroid dienone is 1. The lowest BCUT2D eigenvalue weighted by molar-refractivity contribution is -0.118. The monoisotopic (exact) mass is 361 g/mol. The van der Waals surface area contributed by atoms with E-state index >= 15 is 0 Å². The van der Waals surface area contributed by atoms with Crippen molar-refractivity contribution in [3.63, 3.8) is 0 Å². The van der Waals surface area contributed by atoms with Crippen LogP contribution in [0.2, 0.25) is 0 Å². The summed E-state index contributed by atoms with van der Waals surface area (Å²) in [5.74, 6) is 0.565. The predicted molar refractivity (Wildman–Crippen MR) is 101 cm³/mol. The Labute approximate surface area is 156 Å². The molecule has 2 heterocycles. The first-order valence-electron chi connectivity index (χ1n) is 8.62. The number of hydrogen-bond acceptors (Lipinski definition) is 5. The van der Waals surface area contributed by atoms with Crippen molar-refractivity contribution in [2.45, 2.75) is 19.5 Å². The number of amides is 1. The van der Waals surface area contributed by atoms with Gasteiger partial charge in [-0.2, -0.15) is 10.1 Å². The van der Waals surface area contributed by atoms with Crippen molar-refractivity contribution in [2.75, 3.05) is 5.32 Å². The Bertz CT molecular complexity index is 993. The summed E-state index contributed by atoms with van der Waals surface area (Å²) in [6, 6.07) is 16.1. The lowest BCUT2D eigenvalue weighted by Gasteiger charge is -2.28. The van der Waals surface area contributed by atoms with Crippen LogP contribution in [-0.2, 0) is 11.3 Å². The molecule has 0 bridgehead atoms. The molecular weight excluding hydrogens is 342 g/mol.